The lowest BCUT2D eigenvalue weighted by molar-refractivity contribution is 0.0176. The van der Waals surface area contributed by atoms with Crippen molar-refractivity contribution in [1.82, 2.24) is 15.1 Å². The van der Waals surface area contributed by atoms with Crippen LogP contribution in [0.25, 0.3) is 0 Å². The normalized spacial score (nSPS) is 19.4. The Kier molecular flexibility index (Phi) is 10.3. The highest BCUT2D eigenvalue weighted by Gasteiger charge is 2.24. The third-order valence-electron chi connectivity index (χ3n) is 5.01. The van der Waals surface area contributed by atoms with Gasteiger partial charge in [-0.15, -0.1) is 35.3 Å². The van der Waals surface area contributed by atoms with E-state index < -0.39 is 0 Å². The van der Waals surface area contributed by atoms with Crippen LogP contribution in [0.5, 0.6) is 0 Å². The number of halogens is 1. The van der Waals surface area contributed by atoms with Crippen LogP contribution < -0.4 is 5.32 Å². The highest BCUT2D eigenvalue weighted by molar-refractivity contribution is 14.0. The van der Waals surface area contributed by atoms with Crippen molar-refractivity contribution < 1.29 is 9.47 Å². The number of nitrogens with one attached hydrogen (secondary N) is 1. The molecule has 2 fully saturated rings. The molecule has 27 heavy (non-hydrogen) atoms. The molecular weight excluding hydrogens is 475 g/mol. The quantitative estimate of drug-likeness (QED) is 0.241. The third kappa shape index (κ3) is 7.49. The average Bonchev–Trinajstić information content (AvgIpc) is 3.35. The summed E-state index contributed by atoms with van der Waals surface area (Å²) in [5, 5.41) is 5.72. The van der Waals surface area contributed by atoms with Crippen LogP contribution in [-0.4, -0.2) is 82.5 Å². The van der Waals surface area contributed by atoms with Crippen molar-refractivity contribution in [2.24, 2.45) is 10.9 Å². The first-order chi connectivity index (χ1) is 12.8. The molecule has 1 saturated heterocycles. The molecule has 0 radical (unpaired) electrons. The molecule has 154 valence electrons. The minimum Gasteiger partial charge on any atom is -0.379 e. The zero-order valence-electron chi connectivity index (χ0n) is 16.4. The second kappa shape index (κ2) is 12.2. The zero-order valence-corrected chi connectivity index (χ0v) is 19.6. The second-order valence-corrected chi connectivity index (χ2v) is 8.03. The molecule has 1 aromatic heterocycles. The molecule has 1 aliphatic heterocycles. The van der Waals surface area contributed by atoms with Crippen molar-refractivity contribution in [2.45, 2.75) is 18.9 Å². The minimum atomic E-state index is 0. The van der Waals surface area contributed by atoms with E-state index in [0.717, 1.165) is 64.5 Å². The van der Waals surface area contributed by atoms with Crippen molar-refractivity contribution in [3.8, 4) is 0 Å². The van der Waals surface area contributed by atoms with Crippen LogP contribution in [0.3, 0.4) is 0 Å². The first-order valence-electron chi connectivity index (χ1n) is 9.62. The van der Waals surface area contributed by atoms with Crippen molar-refractivity contribution in [1.29, 1.82) is 0 Å². The summed E-state index contributed by atoms with van der Waals surface area (Å²) >= 11 is 1.82. The topological polar surface area (TPSA) is 49.3 Å². The van der Waals surface area contributed by atoms with Crippen molar-refractivity contribution in [2.75, 3.05) is 66.7 Å². The Hall–Kier alpha value is -0.420. The molecular formula is C19H33IN4O2S. The van der Waals surface area contributed by atoms with Gasteiger partial charge in [0.2, 0.25) is 0 Å². The van der Waals surface area contributed by atoms with Gasteiger partial charge in [-0.1, -0.05) is 6.07 Å². The van der Waals surface area contributed by atoms with E-state index in [1.54, 1.807) is 0 Å². The summed E-state index contributed by atoms with van der Waals surface area (Å²) in [6.45, 7) is 6.96. The molecule has 1 saturated carbocycles. The van der Waals surface area contributed by atoms with Crippen LogP contribution in [0.15, 0.2) is 22.5 Å². The summed E-state index contributed by atoms with van der Waals surface area (Å²) < 4.78 is 11.3. The summed E-state index contributed by atoms with van der Waals surface area (Å²) in [5.74, 6) is 1.74. The van der Waals surface area contributed by atoms with Crippen LogP contribution in [0.1, 0.15) is 23.8 Å². The number of aliphatic imine (C=N–C) groups is 1. The molecule has 1 N–H and O–H groups in total. The Labute approximate surface area is 184 Å². The smallest absolute Gasteiger partial charge is 0.193 e. The zero-order chi connectivity index (χ0) is 18.2. The number of thiophene rings is 1. The monoisotopic (exact) mass is 508 g/mol. The molecule has 3 rings (SSSR count). The van der Waals surface area contributed by atoms with Gasteiger partial charge in [-0.2, -0.15) is 0 Å². The first kappa shape index (κ1) is 22.9. The van der Waals surface area contributed by atoms with Crippen LogP contribution in [0, 0.1) is 5.92 Å². The van der Waals surface area contributed by atoms with Crippen LogP contribution in [0.4, 0.5) is 0 Å². The molecule has 1 aliphatic carbocycles. The standard InChI is InChI=1S/C19H32N4O2S.HI/c1-20-19(22(2)7-10-25-15-16-5-6-16)21-14-17(18-4-3-13-26-18)23-8-11-24-12-9-23;/h3-4,13,16-17H,5-12,14-15H2,1-2H3,(H,20,21);1H. The van der Waals surface area contributed by atoms with E-state index in [1.165, 1.54) is 17.7 Å². The molecule has 1 unspecified atom stereocenters. The average molecular weight is 508 g/mol. The summed E-state index contributed by atoms with van der Waals surface area (Å²) in [7, 11) is 3.92. The Balaban J connectivity index is 0.00000261. The van der Waals surface area contributed by atoms with Gasteiger partial charge in [0.15, 0.2) is 5.96 Å². The number of hydrogen-bond donors (Lipinski definition) is 1. The van der Waals surface area contributed by atoms with E-state index in [9.17, 15) is 0 Å². The molecule has 1 atom stereocenters. The number of guanidine groups is 1. The van der Waals surface area contributed by atoms with Gasteiger partial charge in [0, 0.05) is 51.8 Å². The molecule has 2 heterocycles. The van der Waals surface area contributed by atoms with E-state index >= 15 is 0 Å². The number of ether oxygens (including phenoxy) is 2. The fraction of sp³-hybridized carbons (Fsp3) is 0.737. The van der Waals surface area contributed by atoms with E-state index in [4.69, 9.17) is 9.47 Å². The summed E-state index contributed by atoms with van der Waals surface area (Å²) in [4.78, 5) is 10.5. The number of rotatable bonds is 9. The van der Waals surface area contributed by atoms with Gasteiger partial charge in [0.25, 0.3) is 0 Å². The summed E-state index contributed by atoms with van der Waals surface area (Å²) in [5.41, 5.74) is 0. The van der Waals surface area contributed by atoms with Crippen molar-refractivity contribution >= 4 is 41.3 Å². The van der Waals surface area contributed by atoms with E-state index in [1.807, 2.05) is 18.4 Å². The predicted octanol–water partition coefficient (Wildman–Crippen LogP) is 2.67. The Morgan fingerprint density at radius 3 is 2.85 bits per heavy atom. The number of likely N-dealkylation sites (N-methyl/N-ethyl adjacent to an activating group) is 1. The molecule has 0 bridgehead atoms. The molecule has 8 heteroatoms. The van der Waals surface area contributed by atoms with E-state index in [-0.39, 0.29) is 24.0 Å². The Morgan fingerprint density at radius 1 is 1.44 bits per heavy atom. The fourth-order valence-corrected chi connectivity index (χ4v) is 4.06. The van der Waals surface area contributed by atoms with Crippen molar-refractivity contribution in [3.05, 3.63) is 22.4 Å². The predicted molar refractivity (Wildman–Crippen MR) is 122 cm³/mol. The van der Waals surface area contributed by atoms with Gasteiger partial charge >= 0.3 is 0 Å². The SMILES string of the molecule is CN=C(NCC(c1cccs1)N1CCOCC1)N(C)CCOCC1CC1.I. The van der Waals surface area contributed by atoms with Gasteiger partial charge in [-0.05, 0) is 30.2 Å². The molecule has 0 amide bonds. The van der Waals surface area contributed by atoms with Crippen LogP contribution in [-0.2, 0) is 9.47 Å². The lowest BCUT2D eigenvalue weighted by Gasteiger charge is -2.35. The fourth-order valence-electron chi connectivity index (χ4n) is 3.19. The minimum absolute atomic E-state index is 0. The van der Waals surface area contributed by atoms with Gasteiger partial charge in [-0.3, -0.25) is 9.89 Å². The molecule has 0 aromatic carbocycles. The first-order valence-corrected chi connectivity index (χ1v) is 10.5. The van der Waals surface area contributed by atoms with Crippen molar-refractivity contribution in [3.63, 3.8) is 0 Å². The number of hydrogen-bond acceptors (Lipinski definition) is 5. The van der Waals surface area contributed by atoms with Gasteiger partial charge in [0.05, 0.1) is 25.9 Å². The number of nitrogens with zero attached hydrogens (tertiary/aromatic N) is 3. The largest absolute Gasteiger partial charge is 0.379 e. The molecule has 6 nitrogen and oxygen atoms in total. The van der Waals surface area contributed by atoms with E-state index in [0.29, 0.717) is 6.04 Å². The van der Waals surface area contributed by atoms with E-state index in [2.05, 4.69) is 44.7 Å². The van der Waals surface area contributed by atoms with Crippen LogP contribution >= 0.6 is 35.3 Å². The summed E-state index contributed by atoms with van der Waals surface area (Å²) in [6.07, 6.45) is 2.68. The third-order valence-corrected chi connectivity index (χ3v) is 5.98. The second-order valence-electron chi connectivity index (χ2n) is 7.05. The Morgan fingerprint density at radius 2 is 2.22 bits per heavy atom. The molecule has 0 spiro atoms. The summed E-state index contributed by atoms with van der Waals surface area (Å²) in [6, 6.07) is 4.71. The van der Waals surface area contributed by atoms with Gasteiger partial charge in [0.1, 0.15) is 0 Å². The lowest BCUT2D eigenvalue weighted by Crippen LogP contribution is -2.47. The maximum absolute atomic E-state index is 5.76. The molecule has 2 aliphatic rings. The van der Waals surface area contributed by atoms with Gasteiger partial charge in [-0.25, -0.2) is 0 Å². The maximum Gasteiger partial charge on any atom is 0.193 e. The lowest BCUT2D eigenvalue weighted by atomic mass is 10.2. The van der Waals surface area contributed by atoms with Gasteiger partial charge < -0.3 is 19.7 Å². The number of morpholine rings is 1. The van der Waals surface area contributed by atoms with Crippen LogP contribution in [0.2, 0.25) is 0 Å². The Bertz CT molecular complexity index is 548. The maximum atomic E-state index is 5.76. The highest BCUT2D eigenvalue weighted by atomic mass is 127. The molecule has 1 aromatic rings. The highest BCUT2D eigenvalue weighted by Crippen LogP contribution is 2.28.